The first-order valence-electron chi connectivity index (χ1n) is 7.18. The molecule has 4 nitrogen and oxygen atoms in total. The molecule has 0 bridgehead atoms. The summed E-state index contributed by atoms with van der Waals surface area (Å²) < 4.78 is 29.4. The normalized spacial score (nSPS) is 18.2. The molecule has 6 heteroatoms. The van der Waals surface area contributed by atoms with Gasteiger partial charge in [-0.2, -0.15) is 4.31 Å². The molecular formula is C15H20N2O2S2. The van der Waals surface area contributed by atoms with Gasteiger partial charge in [0.1, 0.15) is 4.21 Å². The lowest BCUT2D eigenvalue weighted by molar-refractivity contribution is 0.270. The molecule has 3 rings (SSSR count). The van der Waals surface area contributed by atoms with Crippen LogP contribution in [0.25, 0.3) is 0 Å². The fourth-order valence-electron chi connectivity index (χ4n) is 3.13. The van der Waals surface area contributed by atoms with Gasteiger partial charge in [-0.05, 0) is 50.3 Å². The molecule has 21 heavy (non-hydrogen) atoms. The first-order valence-corrected chi connectivity index (χ1v) is 9.50. The first kappa shape index (κ1) is 14.8. The van der Waals surface area contributed by atoms with E-state index in [1.807, 2.05) is 5.38 Å². The molecule has 0 aliphatic carbocycles. The van der Waals surface area contributed by atoms with Crippen molar-refractivity contribution >= 4 is 21.4 Å². The van der Waals surface area contributed by atoms with E-state index in [0.717, 1.165) is 12.8 Å². The maximum atomic E-state index is 12.5. The molecule has 0 saturated carbocycles. The van der Waals surface area contributed by atoms with Crippen LogP contribution in [0.2, 0.25) is 0 Å². The lowest BCUT2D eigenvalue weighted by Crippen LogP contribution is -2.39. The zero-order chi connectivity index (χ0) is 15.0. The van der Waals surface area contributed by atoms with E-state index in [4.69, 9.17) is 0 Å². The largest absolute Gasteiger partial charge is 0.346 e. The van der Waals surface area contributed by atoms with E-state index >= 15 is 0 Å². The standard InChI is InChI=1S/C15H20N2O2S2/c1-12-5-6-13(2)17(12)14-7-9-16(10-8-14)21(18,19)15-4-3-11-20-15/h3-6,11,14H,7-10H2,1-2H3. The SMILES string of the molecule is Cc1ccc(C)n1C1CCN(S(=O)(=O)c2cccs2)CC1. The third-order valence-electron chi connectivity index (χ3n) is 4.20. The molecule has 3 heterocycles. The topological polar surface area (TPSA) is 42.3 Å². The molecule has 1 saturated heterocycles. The van der Waals surface area contributed by atoms with E-state index in [1.54, 1.807) is 16.4 Å². The second-order valence-corrected chi connectivity index (χ2v) is 8.67. The third kappa shape index (κ3) is 2.67. The summed E-state index contributed by atoms with van der Waals surface area (Å²) in [5, 5.41) is 1.81. The van der Waals surface area contributed by atoms with Gasteiger partial charge in [0, 0.05) is 30.5 Å². The fraction of sp³-hybridized carbons (Fsp3) is 0.467. The molecule has 2 aromatic heterocycles. The lowest BCUT2D eigenvalue weighted by Gasteiger charge is -2.33. The Morgan fingerprint density at radius 3 is 2.24 bits per heavy atom. The number of piperidine rings is 1. The third-order valence-corrected chi connectivity index (χ3v) is 7.48. The van der Waals surface area contributed by atoms with Crippen LogP contribution >= 0.6 is 11.3 Å². The Morgan fingerprint density at radius 1 is 1.10 bits per heavy atom. The minimum absolute atomic E-state index is 0.412. The van der Waals surface area contributed by atoms with Crippen molar-refractivity contribution in [3.8, 4) is 0 Å². The highest BCUT2D eigenvalue weighted by Gasteiger charge is 2.31. The molecule has 0 amide bonds. The van der Waals surface area contributed by atoms with Gasteiger partial charge >= 0.3 is 0 Å². The van der Waals surface area contributed by atoms with E-state index in [9.17, 15) is 8.42 Å². The van der Waals surface area contributed by atoms with Gasteiger partial charge in [0.05, 0.1) is 0 Å². The Labute approximate surface area is 130 Å². The molecular weight excluding hydrogens is 304 g/mol. The molecule has 0 spiro atoms. The van der Waals surface area contributed by atoms with Crippen LogP contribution in [0.3, 0.4) is 0 Å². The van der Waals surface area contributed by atoms with Crippen LogP contribution in [0.5, 0.6) is 0 Å². The Hall–Kier alpha value is -1.11. The van der Waals surface area contributed by atoms with Gasteiger partial charge in [-0.1, -0.05) is 6.07 Å². The smallest absolute Gasteiger partial charge is 0.252 e. The minimum Gasteiger partial charge on any atom is -0.346 e. The van der Waals surface area contributed by atoms with Gasteiger partial charge in [0.25, 0.3) is 10.0 Å². The quantitative estimate of drug-likeness (QED) is 0.870. The van der Waals surface area contributed by atoms with Crippen molar-refractivity contribution < 1.29 is 8.42 Å². The number of rotatable bonds is 3. The Kier molecular flexibility index (Phi) is 3.94. The zero-order valence-corrected chi connectivity index (χ0v) is 14.0. The summed E-state index contributed by atoms with van der Waals surface area (Å²) in [5.41, 5.74) is 2.51. The predicted molar refractivity (Wildman–Crippen MR) is 85.3 cm³/mol. The summed E-state index contributed by atoms with van der Waals surface area (Å²) >= 11 is 1.29. The van der Waals surface area contributed by atoms with Crippen LogP contribution < -0.4 is 0 Å². The molecule has 1 fully saturated rings. The molecule has 2 aromatic rings. The summed E-state index contributed by atoms with van der Waals surface area (Å²) in [6, 6.07) is 8.15. The fourth-order valence-corrected chi connectivity index (χ4v) is 5.75. The molecule has 1 aliphatic heterocycles. The number of nitrogens with zero attached hydrogens (tertiary/aromatic N) is 2. The minimum atomic E-state index is -3.29. The Bertz CT molecular complexity index is 689. The molecule has 0 aromatic carbocycles. The second kappa shape index (κ2) is 5.59. The summed E-state index contributed by atoms with van der Waals surface area (Å²) in [5.74, 6) is 0. The highest BCUT2D eigenvalue weighted by Crippen LogP contribution is 2.30. The maximum Gasteiger partial charge on any atom is 0.252 e. The number of aromatic nitrogens is 1. The average molecular weight is 324 g/mol. The lowest BCUT2D eigenvalue weighted by atomic mass is 10.1. The van der Waals surface area contributed by atoms with Crippen LogP contribution in [0.15, 0.2) is 33.9 Å². The van der Waals surface area contributed by atoms with E-state index in [-0.39, 0.29) is 0 Å². The van der Waals surface area contributed by atoms with E-state index < -0.39 is 10.0 Å². The van der Waals surface area contributed by atoms with Crippen molar-refractivity contribution in [2.45, 2.75) is 36.9 Å². The summed E-state index contributed by atoms with van der Waals surface area (Å²) in [6.45, 7) is 5.42. The second-order valence-electron chi connectivity index (χ2n) is 5.55. The maximum absolute atomic E-state index is 12.5. The Morgan fingerprint density at radius 2 is 1.71 bits per heavy atom. The monoisotopic (exact) mass is 324 g/mol. The number of sulfonamides is 1. The number of aryl methyl sites for hydroxylation is 2. The van der Waals surface area contributed by atoms with Gasteiger partial charge < -0.3 is 4.57 Å². The molecule has 0 unspecified atom stereocenters. The molecule has 1 aliphatic rings. The van der Waals surface area contributed by atoms with Crippen LogP contribution in [0, 0.1) is 13.8 Å². The Balaban J connectivity index is 1.74. The van der Waals surface area contributed by atoms with Crippen LogP contribution in [-0.4, -0.2) is 30.4 Å². The van der Waals surface area contributed by atoms with Crippen molar-refractivity contribution in [1.82, 2.24) is 8.87 Å². The van der Waals surface area contributed by atoms with Gasteiger partial charge in [-0.25, -0.2) is 8.42 Å². The van der Waals surface area contributed by atoms with E-state index in [0.29, 0.717) is 23.3 Å². The average Bonchev–Trinajstić information content (AvgIpc) is 3.10. The molecule has 114 valence electrons. The highest BCUT2D eigenvalue weighted by molar-refractivity contribution is 7.91. The number of hydrogen-bond donors (Lipinski definition) is 0. The molecule has 0 N–H and O–H groups in total. The summed E-state index contributed by atoms with van der Waals surface area (Å²) in [7, 11) is -3.29. The zero-order valence-electron chi connectivity index (χ0n) is 12.3. The van der Waals surface area contributed by atoms with Crippen molar-refractivity contribution in [3.63, 3.8) is 0 Å². The van der Waals surface area contributed by atoms with Crippen molar-refractivity contribution in [3.05, 3.63) is 41.0 Å². The molecule has 0 radical (unpaired) electrons. The van der Waals surface area contributed by atoms with Crippen LogP contribution in [0.1, 0.15) is 30.3 Å². The summed E-state index contributed by atoms with van der Waals surface area (Å²) in [6.07, 6.45) is 1.75. The first-order chi connectivity index (χ1) is 10.00. The van der Waals surface area contributed by atoms with Gasteiger partial charge in [0.15, 0.2) is 0 Å². The number of hydrogen-bond acceptors (Lipinski definition) is 3. The van der Waals surface area contributed by atoms with E-state index in [2.05, 4.69) is 30.5 Å². The van der Waals surface area contributed by atoms with Gasteiger partial charge in [0.2, 0.25) is 0 Å². The van der Waals surface area contributed by atoms with Gasteiger partial charge in [-0.15, -0.1) is 11.3 Å². The van der Waals surface area contributed by atoms with Crippen molar-refractivity contribution in [2.24, 2.45) is 0 Å². The number of thiophene rings is 1. The summed E-state index contributed by atoms with van der Waals surface area (Å²) in [4.78, 5) is 0. The van der Waals surface area contributed by atoms with Crippen LogP contribution in [0.4, 0.5) is 0 Å². The van der Waals surface area contributed by atoms with Crippen LogP contribution in [-0.2, 0) is 10.0 Å². The predicted octanol–water partition coefficient (Wildman–Crippen LogP) is 3.19. The molecule has 0 atom stereocenters. The van der Waals surface area contributed by atoms with Crippen molar-refractivity contribution in [2.75, 3.05) is 13.1 Å². The highest BCUT2D eigenvalue weighted by atomic mass is 32.2. The van der Waals surface area contributed by atoms with E-state index in [1.165, 1.54) is 22.7 Å². The van der Waals surface area contributed by atoms with Gasteiger partial charge in [-0.3, -0.25) is 0 Å². The van der Waals surface area contributed by atoms with Crippen molar-refractivity contribution in [1.29, 1.82) is 0 Å².